The minimum atomic E-state index is -0.280. The molecule has 1 aromatic heterocycles. The lowest BCUT2D eigenvalue weighted by atomic mass is 10.1. The van der Waals surface area contributed by atoms with E-state index >= 15 is 0 Å². The van der Waals surface area contributed by atoms with Crippen molar-refractivity contribution in [2.45, 2.75) is 25.9 Å². The van der Waals surface area contributed by atoms with E-state index in [1.54, 1.807) is 42.1 Å². The Kier molecular flexibility index (Phi) is 9.04. The summed E-state index contributed by atoms with van der Waals surface area (Å²) in [6.07, 6.45) is 3.28. The molecule has 1 fully saturated rings. The molecule has 0 saturated carbocycles. The molecule has 0 unspecified atom stereocenters. The van der Waals surface area contributed by atoms with Gasteiger partial charge in [0, 0.05) is 41.4 Å². The van der Waals surface area contributed by atoms with Crippen molar-refractivity contribution in [1.29, 1.82) is 0 Å². The average molecular weight is 530 g/mol. The molecule has 0 aliphatic carbocycles. The molecule has 33 heavy (non-hydrogen) atoms. The molecule has 0 spiro atoms. The molecule has 10 heteroatoms. The van der Waals surface area contributed by atoms with E-state index < -0.39 is 0 Å². The summed E-state index contributed by atoms with van der Waals surface area (Å²) in [6.45, 7) is 1.84. The van der Waals surface area contributed by atoms with Crippen molar-refractivity contribution < 1.29 is 9.53 Å². The van der Waals surface area contributed by atoms with Crippen molar-refractivity contribution in [3.05, 3.63) is 68.8 Å². The molecule has 1 aliphatic rings. The molecule has 1 N–H and O–H groups in total. The van der Waals surface area contributed by atoms with Crippen LogP contribution in [0.3, 0.4) is 0 Å². The van der Waals surface area contributed by atoms with Gasteiger partial charge in [-0.05, 0) is 43.2 Å². The molecule has 1 aliphatic heterocycles. The van der Waals surface area contributed by atoms with Gasteiger partial charge in [0.05, 0.1) is 23.0 Å². The summed E-state index contributed by atoms with van der Waals surface area (Å²) in [5, 5.41) is 8.18. The van der Waals surface area contributed by atoms with Crippen LogP contribution in [-0.4, -0.2) is 40.9 Å². The van der Waals surface area contributed by atoms with E-state index in [1.807, 2.05) is 17.1 Å². The van der Waals surface area contributed by atoms with E-state index in [2.05, 4.69) is 5.43 Å². The Morgan fingerprint density at radius 1 is 1.03 bits per heavy atom. The zero-order chi connectivity index (χ0) is 22.7. The summed E-state index contributed by atoms with van der Waals surface area (Å²) < 4.78 is 7.13. The SMILES string of the molecule is COCc1c(C(=O)NN2CCCCC2)nn(-c2ccc(Cl)cc2Cl)c1-c1ccc(Cl)cc1.Cl. The highest BCUT2D eigenvalue weighted by molar-refractivity contribution is 6.35. The molecule has 1 amide bonds. The van der Waals surface area contributed by atoms with Gasteiger partial charge in [-0.15, -0.1) is 12.4 Å². The topological polar surface area (TPSA) is 59.4 Å². The summed E-state index contributed by atoms with van der Waals surface area (Å²) in [5.41, 5.74) is 6.09. The third kappa shape index (κ3) is 5.83. The van der Waals surface area contributed by atoms with Crippen molar-refractivity contribution in [3.63, 3.8) is 0 Å². The van der Waals surface area contributed by atoms with Gasteiger partial charge in [-0.2, -0.15) is 5.10 Å². The van der Waals surface area contributed by atoms with Gasteiger partial charge >= 0.3 is 0 Å². The standard InChI is InChI=1S/C23H23Cl3N4O2.ClH/c1-32-14-18-21(23(31)28-29-11-3-2-4-12-29)27-30(20-10-9-17(25)13-19(20)26)22(18)15-5-7-16(24)8-6-15;/h5-10,13H,2-4,11-12,14H2,1H3,(H,28,31);1H. The summed E-state index contributed by atoms with van der Waals surface area (Å²) in [7, 11) is 1.59. The van der Waals surface area contributed by atoms with Gasteiger partial charge in [0.2, 0.25) is 0 Å². The van der Waals surface area contributed by atoms with Crippen LogP contribution in [0.5, 0.6) is 0 Å². The minimum absolute atomic E-state index is 0. The Balaban J connectivity index is 0.00000306. The highest BCUT2D eigenvalue weighted by Crippen LogP contribution is 2.34. The first-order valence-corrected chi connectivity index (χ1v) is 11.5. The monoisotopic (exact) mass is 528 g/mol. The predicted octanol–water partition coefficient (Wildman–Crippen LogP) is 6.20. The molecule has 0 radical (unpaired) electrons. The van der Waals surface area contributed by atoms with E-state index in [0.29, 0.717) is 32.0 Å². The van der Waals surface area contributed by atoms with Crippen LogP contribution < -0.4 is 5.43 Å². The van der Waals surface area contributed by atoms with Crippen LogP contribution in [0, 0.1) is 0 Å². The number of piperidine rings is 1. The summed E-state index contributed by atoms with van der Waals surface area (Å²) in [6, 6.07) is 12.5. The molecule has 2 aromatic carbocycles. The number of nitrogens with zero attached hydrogens (tertiary/aromatic N) is 3. The Labute approximate surface area is 214 Å². The van der Waals surface area contributed by atoms with Crippen LogP contribution in [0.4, 0.5) is 0 Å². The van der Waals surface area contributed by atoms with Gasteiger partial charge in [-0.3, -0.25) is 10.2 Å². The quantitative estimate of drug-likeness (QED) is 0.413. The largest absolute Gasteiger partial charge is 0.380 e. The number of halogens is 4. The third-order valence-electron chi connectivity index (χ3n) is 5.36. The van der Waals surface area contributed by atoms with Crippen LogP contribution in [0.15, 0.2) is 42.5 Å². The lowest BCUT2D eigenvalue weighted by Gasteiger charge is -2.26. The lowest BCUT2D eigenvalue weighted by molar-refractivity contribution is 0.0740. The highest BCUT2D eigenvalue weighted by atomic mass is 35.5. The van der Waals surface area contributed by atoms with Gasteiger partial charge < -0.3 is 4.74 Å². The van der Waals surface area contributed by atoms with Crippen molar-refractivity contribution in [3.8, 4) is 16.9 Å². The molecular formula is C23H24Cl4N4O2. The number of benzene rings is 2. The number of hydrogen-bond donors (Lipinski definition) is 1. The lowest BCUT2D eigenvalue weighted by Crippen LogP contribution is -2.45. The Bertz CT molecular complexity index is 1110. The van der Waals surface area contributed by atoms with Gasteiger partial charge in [-0.1, -0.05) is 53.4 Å². The van der Waals surface area contributed by atoms with Crippen molar-refractivity contribution in [2.24, 2.45) is 0 Å². The third-order valence-corrected chi connectivity index (χ3v) is 6.15. The number of methoxy groups -OCH3 is 1. The molecule has 6 nitrogen and oxygen atoms in total. The van der Waals surface area contributed by atoms with E-state index in [-0.39, 0.29) is 30.6 Å². The number of aromatic nitrogens is 2. The maximum absolute atomic E-state index is 13.3. The zero-order valence-corrected chi connectivity index (χ0v) is 21.1. The first-order valence-electron chi connectivity index (χ1n) is 10.4. The van der Waals surface area contributed by atoms with Gasteiger partial charge in [0.15, 0.2) is 5.69 Å². The number of nitrogens with one attached hydrogen (secondary N) is 1. The average Bonchev–Trinajstić information content (AvgIpc) is 3.14. The molecule has 176 valence electrons. The van der Waals surface area contributed by atoms with Crippen LogP contribution in [0.2, 0.25) is 15.1 Å². The molecule has 0 atom stereocenters. The van der Waals surface area contributed by atoms with E-state index in [9.17, 15) is 4.79 Å². The van der Waals surface area contributed by atoms with E-state index in [0.717, 1.165) is 31.5 Å². The highest BCUT2D eigenvalue weighted by Gasteiger charge is 2.27. The van der Waals surface area contributed by atoms with Crippen molar-refractivity contribution in [2.75, 3.05) is 20.2 Å². The normalized spacial score (nSPS) is 14.1. The molecule has 1 saturated heterocycles. The molecule has 0 bridgehead atoms. The maximum Gasteiger partial charge on any atom is 0.286 e. The zero-order valence-electron chi connectivity index (χ0n) is 18.0. The Hall–Kier alpha value is -1.80. The van der Waals surface area contributed by atoms with Crippen molar-refractivity contribution >= 4 is 53.1 Å². The number of hydrogen-bond acceptors (Lipinski definition) is 4. The molecule has 2 heterocycles. The Morgan fingerprint density at radius 2 is 1.70 bits per heavy atom. The predicted molar refractivity (Wildman–Crippen MR) is 135 cm³/mol. The van der Waals surface area contributed by atoms with Gasteiger partial charge in [0.1, 0.15) is 0 Å². The second kappa shape index (κ2) is 11.6. The van der Waals surface area contributed by atoms with Gasteiger partial charge in [0.25, 0.3) is 5.91 Å². The fraction of sp³-hybridized carbons (Fsp3) is 0.304. The van der Waals surface area contributed by atoms with Gasteiger partial charge in [-0.25, -0.2) is 9.69 Å². The number of hydrazine groups is 1. The Morgan fingerprint density at radius 3 is 2.33 bits per heavy atom. The fourth-order valence-electron chi connectivity index (χ4n) is 3.85. The number of carbonyl (C=O) groups excluding carboxylic acids is 1. The summed E-state index contributed by atoms with van der Waals surface area (Å²) in [4.78, 5) is 13.3. The maximum atomic E-state index is 13.3. The minimum Gasteiger partial charge on any atom is -0.380 e. The molecular weight excluding hydrogens is 506 g/mol. The summed E-state index contributed by atoms with van der Waals surface area (Å²) in [5.74, 6) is -0.280. The number of rotatable bonds is 6. The second-order valence-corrected chi connectivity index (χ2v) is 8.89. The van der Waals surface area contributed by atoms with Crippen molar-refractivity contribution in [1.82, 2.24) is 20.2 Å². The number of ether oxygens (including phenoxy) is 1. The van der Waals surface area contributed by atoms with Crippen LogP contribution in [0.25, 0.3) is 16.9 Å². The van der Waals surface area contributed by atoms with E-state index in [4.69, 9.17) is 44.6 Å². The summed E-state index contributed by atoms with van der Waals surface area (Å²) >= 11 is 18.7. The molecule has 4 rings (SSSR count). The second-order valence-electron chi connectivity index (χ2n) is 7.61. The number of amides is 1. The van der Waals surface area contributed by atoms with E-state index in [1.165, 1.54) is 6.42 Å². The molecule has 3 aromatic rings. The van der Waals surface area contributed by atoms with Crippen LogP contribution >= 0.6 is 47.2 Å². The number of carbonyl (C=O) groups is 1. The van der Waals surface area contributed by atoms with Crippen LogP contribution in [0.1, 0.15) is 35.3 Å². The smallest absolute Gasteiger partial charge is 0.286 e. The first-order chi connectivity index (χ1) is 15.5. The van der Waals surface area contributed by atoms with Crippen LogP contribution in [-0.2, 0) is 11.3 Å². The first kappa shape index (κ1) is 25.8. The fourth-order valence-corrected chi connectivity index (χ4v) is 4.46.